The molecule has 3 aromatic carbocycles. The molecule has 0 saturated carbocycles. The summed E-state index contributed by atoms with van der Waals surface area (Å²) < 4.78 is 2.31. The molecular weight excluding hydrogens is 1090 g/mol. The van der Waals surface area contributed by atoms with Crippen LogP contribution in [0.4, 0.5) is 11.6 Å². The Morgan fingerprint density at radius 3 is 2.51 bits per heavy atom. The summed E-state index contributed by atoms with van der Waals surface area (Å²) in [5, 5.41) is 3.20. The van der Waals surface area contributed by atoms with Crippen LogP contribution in [-0.2, 0) is 6.42 Å². The maximum atomic E-state index is 6.37. The molecule has 0 N–H and O–H groups in total. The molecule has 0 fully saturated rings. The summed E-state index contributed by atoms with van der Waals surface area (Å²) in [5.74, 6) is 6.67. The molecule has 2 aliphatic heterocycles. The van der Waals surface area contributed by atoms with Gasteiger partial charge in [-0.15, -0.1) is 30.5 Å². The molecule has 4 aliphatic rings. The normalized spacial score (nSPS) is 18.0. The Bertz CT molecular complexity index is 4170. The zero-order valence-electron chi connectivity index (χ0n) is 52.6. The zero-order chi connectivity index (χ0) is 62.1. The van der Waals surface area contributed by atoms with E-state index in [2.05, 4.69) is 258 Å². The first-order chi connectivity index (χ1) is 43.0. The highest BCUT2D eigenvalue weighted by atomic mass is 32.2. The van der Waals surface area contributed by atoms with E-state index in [-0.39, 0.29) is 24.0 Å². The maximum Gasteiger partial charge on any atom is 0.234 e. The Hall–Kier alpha value is -9.25. The van der Waals surface area contributed by atoms with Gasteiger partial charge in [-0.3, -0.25) is 4.57 Å². The van der Waals surface area contributed by atoms with E-state index in [0.29, 0.717) is 35.6 Å². The van der Waals surface area contributed by atoms with Gasteiger partial charge >= 0.3 is 0 Å². The molecule has 0 spiro atoms. The summed E-state index contributed by atoms with van der Waals surface area (Å²) in [6.07, 6.45) is 60.0. The lowest BCUT2D eigenvalue weighted by Crippen LogP contribution is -2.40. The number of thioether (sulfide) groups is 1. The van der Waals surface area contributed by atoms with Crippen molar-refractivity contribution in [3.8, 4) is 23.5 Å². The fourth-order valence-electron chi connectivity index (χ4n) is 11.7. The minimum atomic E-state index is -0.318. The second-order valence-corrected chi connectivity index (χ2v) is 23.3. The van der Waals surface area contributed by atoms with Crippen molar-refractivity contribution in [2.45, 2.75) is 118 Å². The van der Waals surface area contributed by atoms with E-state index >= 15 is 0 Å². The summed E-state index contributed by atoms with van der Waals surface area (Å²) >= 11 is 1.88. The monoisotopic (exact) mass is 1170 g/mol. The van der Waals surface area contributed by atoms with Crippen molar-refractivity contribution in [1.29, 1.82) is 0 Å². The van der Waals surface area contributed by atoms with Crippen LogP contribution in [0.15, 0.2) is 264 Å². The number of aromatic nitrogens is 4. The first-order valence-electron chi connectivity index (χ1n) is 31.1. The first kappa shape index (κ1) is 63.3. The number of nitrogens with zero attached hydrogens (tertiary/aromatic N) is 7. The Kier molecular flexibility index (Phi) is 21.8. The van der Waals surface area contributed by atoms with Crippen LogP contribution in [0, 0.1) is 12.3 Å². The maximum absolute atomic E-state index is 6.37. The van der Waals surface area contributed by atoms with Gasteiger partial charge in [0.2, 0.25) is 5.95 Å². The van der Waals surface area contributed by atoms with Crippen LogP contribution in [-0.4, -0.2) is 49.2 Å². The van der Waals surface area contributed by atoms with Crippen LogP contribution in [0.2, 0.25) is 0 Å². The van der Waals surface area contributed by atoms with Crippen molar-refractivity contribution in [1.82, 2.24) is 19.5 Å². The molecule has 2 bridgehead atoms. The molecule has 8 heteroatoms. The summed E-state index contributed by atoms with van der Waals surface area (Å²) in [6.45, 7) is 30.7. The van der Waals surface area contributed by atoms with Crippen LogP contribution in [0.25, 0.3) is 39.3 Å². The molecule has 0 amide bonds. The smallest absolute Gasteiger partial charge is 0.234 e. The highest BCUT2D eigenvalue weighted by molar-refractivity contribution is 8.03. The second-order valence-electron chi connectivity index (χ2n) is 22.1. The van der Waals surface area contributed by atoms with Crippen molar-refractivity contribution < 1.29 is 0 Å². The molecule has 4 unspecified atom stereocenters. The predicted octanol–water partition coefficient (Wildman–Crippen LogP) is 18.2. The average Bonchev–Trinajstić information content (AvgIpc) is 2.27. The van der Waals surface area contributed by atoms with Crippen molar-refractivity contribution >= 4 is 57.4 Å². The lowest BCUT2D eigenvalue weighted by molar-refractivity contribution is 0.722. The number of fused-ring (bicyclic) bond motifs is 3. The molecule has 5 aromatic rings. The van der Waals surface area contributed by atoms with E-state index in [9.17, 15) is 0 Å². The SMILES string of the molecule is C#CC(/C=C\C=C/C)N(c1cc(-c2cccc(Cc3nc(C4=CCC=CC=C4)nc(N4C(C=C)=C(/C=C\CC)/C(=c5/c(=C\C)c6ccccc6n5C(C=C=CCC)=NC(=C)C5=CC=C6CC(=C5)C=CCS6)C4C)n3)c2)ccc1C(C)/C=C\CC)C(C)C=C. The Morgan fingerprint density at radius 2 is 1.74 bits per heavy atom. The van der Waals surface area contributed by atoms with Crippen LogP contribution >= 0.6 is 11.8 Å². The summed E-state index contributed by atoms with van der Waals surface area (Å²) in [7, 11) is 0. The molecule has 88 heavy (non-hydrogen) atoms. The van der Waals surface area contributed by atoms with Crippen molar-refractivity contribution in [2.75, 3.05) is 15.6 Å². The molecule has 2 aliphatic carbocycles. The van der Waals surface area contributed by atoms with Gasteiger partial charge in [0.15, 0.2) is 5.82 Å². The average molecular weight is 1170 g/mol. The van der Waals surface area contributed by atoms with Gasteiger partial charge in [-0.05, 0) is 122 Å². The van der Waals surface area contributed by atoms with Gasteiger partial charge in [0, 0.05) is 69.6 Å². The van der Waals surface area contributed by atoms with E-state index < -0.39 is 0 Å². The number of para-hydroxylation sites is 1. The minimum absolute atomic E-state index is 0.0610. The summed E-state index contributed by atoms with van der Waals surface area (Å²) in [4.78, 5) is 27.6. The molecular formula is C80H83N7S. The standard InChI is InChI=1S/C80H83N7S/c1-13-21-27-41-66(18-6)85(57(10)17-5)74-55-65(47-49-69(74)56(9)35-23-15-3)64-40-33-36-61(52-64)54-75-82-79(62-38-29-25-26-30-39-62)84-80(83-75)86-59(12)77(71(42-24-16-4)72(86)20-8)78-68(19-7)70-43-31-32-44-73(70)87(78)76(45-28-22-14-2)81-58(11)63-46-48-67-53-60(51-63)37-34-50-88-67/h6,13,17,19-27,29,31-49,51-52,55-57,59,66H,5,8,11,14-16,30,50,53-54H2,1-4,7,9-10,12H3/b21-13-,35-23-,41-27-,42-24-,68-19-,78-77-,81-76?. The molecule has 4 atom stereocenters. The van der Waals surface area contributed by atoms with Gasteiger partial charge in [0.1, 0.15) is 17.7 Å². The molecule has 0 radical (unpaired) electrons. The third-order valence-corrected chi connectivity index (χ3v) is 17.1. The largest absolute Gasteiger partial charge is 0.348 e. The van der Waals surface area contributed by atoms with Gasteiger partial charge in [0.25, 0.3) is 0 Å². The third kappa shape index (κ3) is 14.3. The number of hydrogen-bond acceptors (Lipinski definition) is 7. The van der Waals surface area contributed by atoms with Gasteiger partial charge in [-0.25, -0.2) is 9.98 Å². The van der Waals surface area contributed by atoms with E-state index in [4.69, 9.17) is 26.4 Å². The van der Waals surface area contributed by atoms with Crippen molar-refractivity contribution in [2.24, 2.45) is 4.99 Å². The topological polar surface area (TPSA) is 62.4 Å². The van der Waals surface area contributed by atoms with Crippen LogP contribution in [0.1, 0.15) is 116 Å². The van der Waals surface area contributed by atoms with Crippen molar-refractivity contribution in [3.05, 3.63) is 292 Å². The molecule has 0 saturated heterocycles. The predicted molar refractivity (Wildman–Crippen MR) is 381 cm³/mol. The fourth-order valence-corrected chi connectivity index (χ4v) is 12.6. The number of hydrogen-bond donors (Lipinski definition) is 0. The molecule has 4 heterocycles. The quantitative estimate of drug-likeness (QED) is 0.0182. The molecule has 7 nitrogen and oxygen atoms in total. The highest BCUT2D eigenvalue weighted by Gasteiger charge is 2.36. The number of benzene rings is 3. The zero-order valence-corrected chi connectivity index (χ0v) is 53.4. The molecule has 444 valence electrons. The van der Waals surface area contributed by atoms with E-state index in [1.54, 1.807) is 0 Å². The van der Waals surface area contributed by atoms with Gasteiger partial charge in [-0.1, -0.05) is 217 Å². The lowest BCUT2D eigenvalue weighted by atomic mass is 9.92. The van der Waals surface area contributed by atoms with E-state index in [1.807, 2.05) is 61.2 Å². The third-order valence-electron chi connectivity index (χ3n) is 16.1. The fraction of sp³-hybridized carbons (Fsp3) is 0.237. The lowest BCUT2D eigenvalue weighted by Gasteiger charge is -2.36. The van der Waals surface area contributed by atoms with Crippen LogP contribution in [0.5, 0.6) is 0 Å². The number of aliphatic imine (C=N–C) groups is 1. The van der Waals surface area contributed by atoms with Gasteiger partial charge < -0.3 is 9.80 Å². The molecule has 2 aromatic heterocycles. The van der Waals surface area contributed by atoms with Crippen LogP contribution in [0.3, 0.4) is 0 Å². The first-order valence-corrected chi connectivity index (χ1v) is 32.1. The number of rotatable bonds is 21. The minimum Gasteiger partial charge on any atom is -0.348 e. The number of allylic oxidation sites excluding steroid dienone is 21. The van der Waals surface area contributed by atoms with Crippen LogP contribution < -0.4 is 20.4 Å². The van der Waals surface area contributed by atoms with E-state index in [1.165, 1.54) is 16.0 Å². The summed E-state index contributed by atoms with van der Waals surface area (Å²) in [5.41, 5.74) is 16.8. The molecule has 9 rings (SSSR count). The van der Waals surface area contributed by atoms with Crippen molar-refractivity contribution in [3.63, 3.8) is 0 Å². The Labute approximate surface area is 528 Å². The Balaban J connectivity index is 1.22. The number of terminal acetylenes is 1. The Morgan fingerprint density at radius 1 is 0.909 bits per heavy atom. The summed E-state index contributed by atoms with van der Waals surface area (Å²) in [6, 6.07) is 23.5. The van der Waals surface area contributed by atoms with E-state index in [0.717, 1.165) is 110 Å². The van der Waals surface area contributed by atoms with Gasteiger partial charge in [0.05, 0.1) is 28.3 Å². The second kappa shape index (κ2) is 30.4. The van der Waals surface area contributed by atoms with Gasteiger partial charge in [-0.2, -0.15) is 9.97 Å². The highest BCUT2D eigenvalue weighted by Crippen LogP contribution is 2.40. The number of anilines is 2.